The Morgan fingerprint density at radius 3 is 2.52 bits per heavy atom. The molecule has 0 bridgehead atoms. The van der Waals surface area contributed by atoms with Crippen LogP contribution in [0, 0.1) is 0 Å². The van der Waals surface area contributed by atoms with Crippen LogP contribution in [0.1, 0.15) is 11.1 Å². The van der Waals surface area contributed by atoms with Gasteiger partial charge < -0.3 is 16.0 Å². The molecule has 0 aromatic heterocycles. The van der Waals surface area contributed by atoms with Crippen molar-refractivity contribution in [2.75, 3.05) is 27.2 Å². The second-order valence-corrected chi connectivity index (χ2v) is 6.61. The monoisotopic (exact) mass is 314 g/mol. The van der Waals surface area contributed by atoms with Crippen molar-refractivity contribution in [3.8, 4) is 0 Å². The number of nitrogens with two attached hydrogens (primary N) is 1. The Kier molecular flexibility index (Phi) is 6.60. The van der Waals surface area contributed by atoms with Crippen LogP contribution < -0.4 is 15.8 Å². The minimum absolute atomic E-state index is 0.109. The number of rotatable bonds is 7. The molecule has 8 heteroatoms. The van der Waals surface area contributed by atoms with E-state index in [0.717, 1.165) is 5.56 Å². The van der Waals surface area contributed by atoms with E-state index in [1.807, 2.05) is 6.07 Å². The average Bonchev–Trinajstić information content (AvgIpc) is 2.42. The maximum absolute atomic E-state index is 11.9. The van der Waals surface area contributed by atoms with Crippen LogP contribution in [0.15, 0.2) is 24.3 Å². The Balaban J connectivity index is 2.45. The van der Waals surface area contributed by atoms with Crippen molar-refractivity contribution in [2.24, 2.45) is 5.73 Å². The molecular weight excluding hydrogens is 292 g/mol. The van der Waals surface area contributed by atoms with Crippen LogP contribution >= 0.6 is 0 Å². The fourth-order valence-corrected chi connectivity index (χ4v) is 2.78. The molecule has 0 atom stereocenters. The summed E-state index contributed by atoms with van der Waals surface area (Å²) in [7, 11) is -0.203. The predicted octanol–water partition coefficient (Wildman–Crippen LogP) is -0.164. The van der Waals surface area contributed by atoms with Crippen molar-refractivity contribution < 1.29 is 13.2 Å². The quantitative estimate of drug-likeness (QED) is 0.608. The number of hydrogen-bond donors (Lipinski definition) is 3. The molecule has 0 aliphatic carbocycles. The largest absolute Gasteiger partial charge is 0.337 e. The molecule has 1 rings (SSSR count). The maximum atomic E-state index is 11.9. The normalized spacial score (nSPS) is 11.2. The molecule has 0 saturated carbocycles. The molecule has 1 aromatic rings. The van der Waals surface area contributed by atoms with Gasteiger partial charge in [0.1, 0.15) is 0 Å². The first-order valence-corrected chi connectivity index (χ1v) is 8.19. The summed E-state index contributed by atoms with van der Waals surface area (Å²) in [6.45, 7) is 0.759. The molecule has 0 fully saturated rings. The van der Waals surface area contributed by atoms with Gasteiger partial charge in [-0.1, -0.05) is 24.3 Å². The second-order valence-electron chi connectivity index (χ2n) is 4.80. The van der Waals surface area contributed by atoms with Crippen LogP contribution in [0.3, 0.4) is 0 Å². The third-order valence-corrected chi connectivity index (χ3v) is 4.07. The summed E-state index contributed by atoms with van der Waals surface area (Å²) in [5.41, 5.74) is 7.10. The molecule has 118 valence electrons. The average molecular weight is 314 g/mol. The third kappa shape index (κ3) is 6.56. The topological polar surface area (TPSA) is 105 Å². The molecule has 0 radical (unpaired) electrons. The number of nitrogens with one attached hydrogen (secondary N) is 2. The zero-order valence-corrected chi connectivity index (χ0v) is 13.1. The number of hydrogen-bond acceptors (Lipinski definition) is 4. The summed E-state index contributed by atoms with van der Waals surface area (Å²) in [4.78, 5) is 12.6. The van der Waals surface area contributed by atoms with E-state index in [-0.39, 0.29) is 24.9 Å². The Bertz CT molecular complexity index is 573. The van der Waals surface area contributed by atoms with Crippen molar-refractivity contribution in [2.45, 2.75) is 12.3 Å². The third-order valence-electron chi connectivity index (χ3n) is 2.71. The van der Waals surface area contributed by atoms with Gasteiger partial charge in [-0.2, -0.15) is 0 Å². The van der Waals surface area contributed by atoms with E-state index in [0.29, 0.717) is 12.1 Å². The van der Waals surface area contributed by atoms with Crippen molar-refractivity contribution in [3.05, 3.63) is 35.4 Å². The van der Waals surface area contributed by atoms with E-state index in [9.17, 15) is 13.2 Å². The van der Waals surface area contributed by atoms with Crippen LogP contribution in [0.25, 0.3) is 0 Å². The van der Waals surface area contributed by atoms with E-state index in [1.165, 1.54) is 4.90 Å². The van der Waals surface area contributed by atoms with E-state index in [1.54, 1.807) is 32.3 Å². The van der Waals surface area contributed by atoms with Gasteiger partial charge in [0.2, 0.25) is 10.0 Å². The van der Waals surface area contributed by atoms with Gasteiger partial charge in [0.05, 0.1) is 5.75 Å². The van der Waals surface area contributed by atoms with Gasteiger partial charge in [-0.15, -0.1) is 0 Å². The van der Waals surface area contributed by atoms with Gasteiger partial charge in [0.15, 0.2) is 0 Å². The van der Waals surface area contributed by atoms with E-state index in [2.05, 4.69) is 10.0 Å². The summed E-state index contributed by atoms with van der Waals surface area (Å²) in [5.74, 6) is -0.109. The highest BCUT2D eigenvalue weighted by Crippen LogP contribution is 2.08. The van der Waals surface area contributed by atoms with Crippen molar-refractivity contribution in [1.29, 1.82) is 0 Å². The zero-order valence-electron chi connectivity index (χ0n) is 12.3. The summed E-state index contributed by atoms with van der Waals surface area (Å²) in [5, 5.41) is 2.58. The number of nitrogens with zero attached hydrogens (tertiary/aromatic N) is 1. The summed E-state index contributed by atoms with van der Waals surface area (Å²) in [6, 6.07) is 6.88. The lowest BCUT2D eigenvalue weighted by molar-refractivity contribution is 0.217. The van der Waals surface area contributed by atoms with E-state index in [4.69, 9.17) is 5.73 Å². The summed E-state index contributed by atoms with van der Waals surface area (Å²) in [6.07, 6.45) is 0. The molecule has 2 amide bonds. The molecule has 4 N–H and O–H groups in total. The number of carbonyl (C=O) groups is 1. The molecule has 0 unspecified atom stereocenters. The Labute approximate surface area is 125 Å². The molecule has 21 heavy (non-hydrogen) atoms. The number of benzene rings is 1. The molecular formula is C13H22N4O3S. The second kappa shape index (κ2) is 7.96. The number of amides is 2. The highest BCUT2D eigenvalue weighted by molar-refractivity contribution is 7.88. The first-order valence-electron chi connectivity index (χ1n) is 6.54. The Hall–Kier alpha value is -1.64. The minimum Gasteiger partial charge on any atom is -0.337 e. The molecule has 0 spiro atoms. The summed E-state index contributed by atoms with van der Waals surface area (Å²) >= 11 is 0. The van der Waals surface area contributed by atoms with Gasteiger partial charge >= 0.3 is 6.03 Å². The first-order chi connectivity index (χ1) is 9.84. The van der Waals surface area contributed by atoms with Crippen molar-refractivity contribution >= 4 is 16.1 Å². The lowest BCUT2D eigenvalue weighted by atomic mass is 10.1. The molecule has 0 aliphatic heterocycles. The van der Waals surface area contributed by atoms with Crippen LogP contribution in [-0.2, 0) is 22.3 Å². The highest BCUT2D eigenvalue weighted by atomic mass is 32.2. The Morgan fingerprint density at radius 2 is 1.90 bits per heavy atom. The molecule has 0 saturated heterocycles. The summed E-state index contributed by atoms with van der Waals surface area (Å²) < 4.78 is 26.3. The van der Waals surface area contributed by atoms with E-state index >= 15 is 0 Å². The lowest BCUT2D eigenvalue weighted by Gasteiger charge is -2.12. The molecule has 7 nitrogen and oxygen atoms in total. The molecule has 0 heterocycles. The number of urea groups is 1. The van der Waals surface area contributed by atoms with Crippen LogP contribution in [0.5, 0.6) is 0 Å². The number of sulfonamides is 1. The molecule has 1 aromatic carbocycles. The molecule has 0 aliphatic rings. The van der Waals surface area contributed by atoms with Gasteiger partial charge in [-0.3, -0.25) is 0 Å². The van der Waals surface area contributed by atoms with Crippen LogP contribution in [0.4, 0.5) is 4.79 Å². The van der Waals surface area contributed by atoms with Gasteiger partial charge in [-0.05, 0) is 11.1 Å². The Morgan fingerprint density at radius 1 is 1.24 bits per heavy atom. The van der Waals surface area contributed by atoms with Crippen molar-refractivity contribution in [3.63, 3.8) is 0 Å². The van der Waals surface area contributed by atoms with Crippen LogP contribution in [0.2, 0.25) is 0 Å². The van der Waals surface area contributed by atoms with Crippen molar-refractivity contribution in [1.82, 2.24) is 14.9 Å². The lowest BCUT2D eigenvalue weighted by Crippen LogP contribution is -2.39. The highest BCUT2D eigenvalue weighted by Gasteiger charge is 2.11. The van der Waals surface area contributed by atoms with Crippen LogP contribution in [-0.4, -0.2) is 46.5 Å². The fourth-order valence-electron chi connectivity index (χ4n) is 1.65. The van der Waals surface area contributed by atoms with E-state index < -0.39 is 10.0 Å². The minimum atomic E-state index is -3.43. The van der Waals surface area contributed by atoms with Gasteiger partial charge in [0.25, 0.3) is 0 Å². The maximum Gasteiger partial charge on any atom is 0.316 e. The predicted molar refractivity (Wildman–Crippen MR) is 82.0 cm³/mol. The number of carbonyl (C=O) groups excluding carboxylic acids is 1. The first kappa shape index (κ1) is 17.4. The zero-order chi connectivity index (χ0) is 15.9. The smallest absolute Gasteiger partial charge is 0.316 e. The fraction of sp³-hybridized carbons (Fsp3) is 0.462. The van der Waals surface area contributed by atoms with Gasteiger partial charge in [-0.25, -0.2) is 17.9 Å². The standard InChI is InChI=1S/C13H22N4O3S/c1-17(2)13(18)15-6-7-16-21(19,20)10-12-5-3-4-11(8-12)9-14/h3-5,8,16H,6-7,9-10,14H2,1-2H3,(H,15,18). The van der Waals surface area contributed by atoms with Gasteiger partial charge in [0, 0.05) is 33.7 Å². The SMILES string of the molecule is CN(C)C(=O)NCCNS(=O)(=O)Cc1cccc(CN)c1.